The largest absolute Gasteiger partial charge is 0.494 e. The van der Waals surface area contributed by atoms with E-state index in [9.17, 15) is 0 Å². The van der Waals surface area contributed by atoms with Gasteiger partial charge in [-0.05, 0) is 56.2 Å². The predicted molar refractivity (Wildman–Crippen MR) is 80.8 cm³/mol. The number of ether oxygens (including phenoxy) is 2. The van der Waals surface area contributed by atoms with E-state index in [-0.39, 0.29) is 0 Å². The van der Waals surface area contributed by atoms with Crippen LogP contribution in [0, 0.1) is 0 Å². The number of anilines is 1. The molecule has 1 aromatic carbocycles. The Morgan fingerprint density at radius 3 is 2.84 bits per heavy atom. The first-order valence-electron chi connectivity index (χ1n) is 6.67. The molecule has 1 unspecified atom stereocenters. The van der Waals surface area contributed by atoms with E-state index in [1.807, 2.05) is 31.2 Å². The van der Waals surface area contributed by atoms with Crippen LogP contribution in [0.2, 0.25) is 0 Å². The van der Waals surface area contributed by atoms with E-state index in [1.165, 1.54) is 0 Å². The average Bonchev–Trinajstić information content (AvgIpc) is 2.92. The molecule has 0 amide bonds. The second-order valence-corrected chi connectivity index (χ2v) is 4.84. The average molecular weight is 280 g/mol. The Kier molecular flexibility index (Phi) is 5.42. The summed E-state index contributed by atoms with van der Waals surface area (Å²) in [5.74, 6) is 0.867. The lowest BCUT2D eigenvalue weighted by atomic mass is 10.2. The minimum absolute atomic E-state index is 0.292. The zero-order chi connectivity index (χ0) is 13.5. The highest BCUT2D eigenvalue weighted by molar-refractivity contribution is 7.80. The molecule has 0 spiro atoms. The van der Waals surface area contributed by atoms with E-state index in [4.69, 9.17) is 21.7 Å². The maximum Gasteiger partial charge on any atom is 0.170 e. The first-order chi connectivity index (χ1) is 9.28. The summed E-state index contributed by atoms with van der Waals surface area (Å²) in [6, 6.07) is 7.75. The van der Waals surface area contributed by atoms with Gasteiger partial charge in [0, 0.05) is 18.8 Å². The third kappa shape index (κ3) is 4.69. The summed E-state index contributed by atoms with van der Waals surface area (Å²) in [5.41, 5.74) is 0.952. The highest BCUT2D eigenvalue weighted by Gasteiger charge is 2.15. The van der Waals surface area contributed by atoms with E-state index in [0.29, 0.717) is 17.8 Å². The zero-order valence-corrected chi connectivity index (χ0v) is 12.0. The van der Waals surface area contributed by atoms with Crippen LogP contribution in [0.5, 0.6) is 5.75 Å². The predicted octanol–water partition coefficient (Wildman–Crippen LogP) is 2.55. The van der Waals surface area contributed by atoms with Gasteiger partial charge in [-0.3, -0.25) is 0 Å². The number of benzene rings is 1. The summed E-state index contributed by atoms with van der Waals surface area (Å²) in [7, 11) is 0. The molecule has 0 radical (unpaired) electrons. The van der Waals surface area contributed by atoms with E-state index >= 15 is 0 Å². The fourth-order valence-electron chi connectivity index (χ4n) is 1.99. The number of rotatable bonds is 5. The topological polar surface area (TPSA) is 42.5 Å². The first-order valence-corrected chi connectivity index (χ1v) is 7.08. The van der Waals surface area contributed by atoms with E-state index < -0.39 is 0 Å². The van der Waals surface area contributed by atoms with Crippen molar-refractivity contribution in [3.63, 3.8) is 0 Å². The summed E-state index contributed by atoms with van der Waals surface area (Å²) >= 11 is 5.25. The van der Waals surface area contributed by atoms with Crippen LogP contribution in [0.4, 0.5) is 5.69 Å². The van der Waals surface area contributed by atoms with Gasteiger partial charge in [-0.25, -0.2) is 0 Å². The molecule has 2 rings (SSSR count). The smallest absolute Gasteiger partial charge is 0.170 e. The van der Waals surface area contributed by atoms with Crippen molar-refractivity contribution < 1.29 is 9.47 Å². The number of thiocarbonyl (C=S) groups is 1. The Labute approximate surface area is 119 Å². The van der Waals surface area contributed by atoms with Crippen molar-refractivity contribution in [3.8, 4) is 5.75 Å². The van der Waals surface area contributed by atoms with Crippen molar-refractivity contribution in [2.24, 2.45) is 0 Å². The quantitative estimate of drug-likeness (QED) is 0.811. The number of hydrogen-bond acceptors (Lipinski definition) is 3. The van der Waals surface area contributed by atoms with Crippen LogP contribution in [0.3, 0.4) is 0 Å². The normalized spacial score (nSPS) is 18.1. The fraction of sp³-hybridized carbons (Fsp3) is 0.500. The third-order valence-electron chi connectivity index (χ3n) is 2.94. The molecule has 2 N–H and O–H groups in total. The van der Waals surface area contributed by atoms with Crippen molar-refractivity contribution in [2.45, 2.75) is 25.9 Å². The standard InChI is InChI=1S/C14H20N2O2S/c1-2-17-12-7-5-11(6-8-12)16-14(19)15-10-13-4-3-9-18-13/h5-8,13H,2-4,9-10H2,1H3,(H2,15,16,19). The van der Waals surface area contributed by atoms with Crippen LogP contribution >= 0.6 is 12.2 Å². The minimum Gasteiger partial charge on any atom is -0.494 e. The molecule has 1 fully saturated rings. The lowest BCUT2D eigenvalue weighted by molar-refractivity contribution is 0.114. The van der Waals surface area contributed by atoms with Crippen molar-refractivity contribution >= 4 is 23.0 Å². The van der Waals surface area contributed by atoms with Gasteiger partial charge in [0.15, 0.2) is 5.11 Å². The van der Waals surface area contributed by atoms with Crippen molar-refractivity contribution in [1.82, 2.24) is 5.32 Å². The lowest BCUT2D eigenvalue weighted by Crippen LogP contribution is -2.34. The fourth-order valence-corrected chi connectivity index (χ4v) is 2.19. The molecule has 0 bridgehead atoms. The van der Waals surface area contributed by atoms with Crippen molar-refractivity contribution in [1.29, 1.82) is 0 Å². The molecule has 19 heavy (non-hydrogen) atoms. The monoisotopic (exact) mass is 280 g/mol. The molecule has 104 valence electrons. The summed E-state index contributed by atoms with van der Waals surface area (Å²) in [5, 5.41) is 6.95. The molecular weight excluding hydrogens is 260 g/mol. The Bertz CT molecular complexity index is 402. The second-order valence-electron chi connectivity index (χ2n) is 4.43. The van der Waals surface area contributed by atoms with Gasteiger partial charge in [0.25, 0.3) is 0 Å². The second kappa shape index (κ2) is 7.31. The van der Waals surface area contributed by atoms with Gasteiger partial charge in [-0.1, -0.05) is 0 Å². The van der Waals surface area contributed by atoms with Crippen LogP contribution in [0.25, 0.3) is 0 Å². The summed E-state index contributed by atoms with van der Waals surface area (Å²) < 4.78 is 10.9. The Morgan fingerprint density at radius 2 is 2.21 bits per heavy atom. The van der Waals surface area contributed by atoms with Gasteiger partial charge in [-0.2, -0.15) is 0 Å². The Morgan fingerprint density at radius 1 is 1.42 bits per heavy atom. The molecule has 1 aromatic rings. The van der Waals surface area contributed by atoms with Crippen molar-refractivity contribution in [3.05, 3.63) is 24.3 Å². The molecule has 1 aliphatic heterocycles. The molecule has 1 heterocycles. The zero-order valence-electron chi connectivity index (χ0n) is 11.1. The SMILES string of the molecule is CCOc1ccc(NC(=S)NCC2CCCO2)cc1. The van der Waals surface area contributed by atoms with E-state index in [0.717, 1.165) is 37.4 Å². The molecule has 0 saturated carbocycles. The molecule has 1 aliphatic rings. The van der Waals surface area contributed by atoms with Crippen LogP contribution < -0.4 is 15.4 Å². The molecule has 0 aliphatic carbocycles. The van der Waals surface area contributed by atoms with Crippen LogP contribution in [-0.2, 0) is 4.74 Å². The van der Waals surface area contributed by atoms with Gasteiger partial charge >= 0.3 is 0 Å². The van der Waals surface area contributed by atoms with Gasteiger partial charge in [-0.15, -0.1) is 0 Å². The number of hydrogen-bond donors (Lipinski definition) is 2. The van der Waals surface area contributed by atoms with Crippen LogP contribution in [0.15, 0.2) is 24.3 Å². The van der Waals surface area contributed by atoms with Gasteiger partial charge in [0.1, 0.15) is 5.75 Å². The summed E-state index contributed by atoms with van der Waals surface area (Å²) in [6.07, 6.45) is 2.55. The maximum atomic E-state index is 5.53. The third-order valence-corrected chi connectivity index (χ3v) is 3.18. The maximum absolute atomic E-state index is 5.53. The molecule has 4 nitrogen and oxygen atoms in total. The summed E-state index contributed by atoms with van der Waals surface area (Å²) in [6.45, 7) is 4.28. The lowest BCUT2D eigenvalue weighted by Gasteiger charge is -2.14. The Hall–Kier alpha value is -1.33. The molecular formula is C14H20N2O2S. The Balaban J connectivity index is 1.74. The highest BCUT2D eigenvalue weighted by Crippen LogP contribution is 2.15. The van der Waals surface area contributed by atoms with Crippen molar-refractivity contribution in [2.75, 3.05) is 25.1 Å². The van der Waals surface area contributed by atoms with Gasteiger partial charge < -0.3 is 20.1 Å². The van der Waals surface area contributed by atoms with Gasteiger partial charge in [0.2, 0.25) is 0 Å². The van der Waals surface area contributed by atoms with E-state index in [1.54, 1.807) is 0 Å². The summed E-state index contributed by atoms with van der Waals surface area (Å²) in [4.78, 5) is 0. The van der Waals surface area contributed by atoms with Gasteiger partial charge in [0.05, 0.1) is 12.7 Å². The van der Waals surface area contributed by atoms with E-state index in [2.05, 4.69) is 10.6 Å². The molecule has 0 aromatic heterocycles. The molecule has 1 saturated heterocycles. The molecule has 5 heteroatoms. The minimum atomic E-state index is 0.292. The van der Waals surface area contributed by atoms with Crippen LogP contribution in [-0.4, -0.2) is 31.0 Å². The number of nitrogens with one attached hydrogen (secondary N) is 2. The molecule has 1 atom stereocenters. The first kappa shape index (κ1) is 14.1. The highest BCUT2D eigenvalue weighted by atomic mass is 32.1. The van der Waals surface area contributed by atoms with Crippen LogP contribution in [0.1, 0.15) is 19.8 Å².